The van der Waals surface area contributed by atoms with Crippen molar-refractivity contribution in [1.82, 2.24) is 9.97 Å². The molecule has 0 aromatic carbocycles. The molecule has 6 heteroatoms. The van der Waals surface area contributed by atoms with Crippen molar-refractivity contribution in [2.24, 2.45) is 0 Å². The summed E-state index contributed by atoms with van der Waals surface area (Å²) in [5.74, 6) is -0.297. The number of pyridine rings is 2. The molecule has 0 aliphatic rings. The monoisotopic (exact) mass is 292 g/mol. The number of nitrogens with zero attached hydrogens (tertiary/aromatic N) is 2. The largest absolute Gasteiger partial charge is 0.397 e. The lowest BCUT2D eigenvalue weighted by Crippen LogP contribution is -2.13. The van der Waals surface area contributed by atoms with Crippen molar-refractivity contribution in [2.75, 3.05) is 11.1 Å². The molecule has 0 fully saturated rings. The van der Waals surface area contributed by atoms with Crippen LogP contribution in [0.3, 0.4) is 0 Å². The lowest BCUT2D eigenvalue weighted by molar-refractivity contribution is 0.102. The van der Waals surface area contributed by atoms with Crippen molar-refractivity contribution < 1.29 is 4.79 Å². The van der Waals surface area contributed by atoms with Crippen LogP contribution in [0.1, 0.15) is 10.5 Å². The first-order valence-corrected chi connectivity index (χ1v) is 5.59. The van der Waals surface area contributed by atoms with Crippen LogP contribution in [0.5, 0.6) is 0 Å². The van der Waals surface area contributed by atoms with E-state index >= 15 is 0 Å². The molecular weight excluding hydrogens is 284 g/mol. The first-order valence-electron chi connectivity index (χ1n) is 4.79. The van der Waals surface area contributed by atoms with Gasteiger partial charge in [0.15, 0.2) is 0 Å². The highest BCUT2D eigenvalue weighted by molar-refractivity contribution is 9.10. The van der Waals surface area contributed by atoms with E-state index in [-0.39, 0.29) is 5.91 Å². The van der Waals surface area contributed by atoms with Gasteiger partial charge in [-0.3, -0.25) is 4.79 Å². The van der Waals surface area contributed by atoms with Crippen molar-refractivity contribution in [2.45, 2.75) is 0 Å². The summed E-state index contributed by atoms with van der Waals surface area (Å²) in [7, 11) is 0. The number of anilines is 2. The fourth-order valence-electron chi connectivity index (χ4n) is 1.18. The third-order valence-corrected chi connectivity index (χ3v) is 2.47. The van der Waals surface area contributed by atoms with Crippen LogP contribution >= 0.6 is 15.9 Å². The average molecular weight is 293 g/mol. The van der Waals surface area contributed by atoms with Gasteiger partial charge in [0.2, 0.25) is 0 Å². The Labute approximate surface area is 106 Å². The molecule has 1 amide bonds. The summed E-state index contributed by atoms with van der Waals surface area (Å²) in [4.78, 5) is 19.7. The smallest absolute Gasteiger partial charge is 0.274 e. The summed E-state index contributed by atoms with van der Waals surface area (Å²) in [5, 5.41) is 2.68. The van der Waals surface area contributed by atoms with Crippen molar-refractivity contribution >= 4 is 33.2 Å². The zero-order valence-electron chi connectivity index (χ0n) is 8.72. The summed E-state index contributed by atoms with van der Waals surface area (Å²) >= 11 is 3.21. The van der Waals surface area contributed by atoms with E-state index in [0.717, 1.165) is 0 Å². The van der Waals surface area contributed by atoms with Gasteiger partial charge < -0.3 is 11.1 Å². The fourth-order valence-corrected chi connectivity index (χ4v) is 1.42. The number of aromatic nitrogens is 2. The molecule has 2 heterocycles. The number of amides is 1. The lowest BCUT2D eigenvalue weighted by Gasteiger charge is -2.04. The molecule has 0 aliphatic heterocycles. The Morgan fingerprint density at radius 2 is 2.00 bits per heavy atom. The van der Waals surface area contributed by atoms with E-state index < -0.39 is 0 Å². The van der Waals surface area contributed by atoms with Crippen LogP contribution in [0.2, 0.25) is 0 Å². The maximum atomic E-state index is 11.8. The number of nitrogen functional groups attached to an aromatic ring is 1. The number of nitrogens with one attached hydrogen (secondary N) is 1. The van der Waals surface area contributed by atoms with Gasteiger partial charge in [-0.15, -0.1) is 0 Å². The van der Waals surface area contributed by atoms with Gasteiger partial charge >= 0.3 is 0 Å². The number of hydrogen-bond donors (Lipinski definition) is 2. The van der Waals surface area contributed by atoms with Crippen LogP contribution in [0, 0.1) is 0 Å². The molecule has 86 valence electrons. The van der Waals surface area contributed by atoms with Crippen LogP contribution in [0.15, 0.2) is 41.3 Å². The highest BCUT2D eigenvalue weighted by atomic mass is 79.9. The lowest BCUT2D eigenvalue weighted by atomic mass is 10.3. The van der Waals surface area contributed by atoms with Crippen LogP contribution in [0.25, 0.3) is 0 Å². The molecule has 0 spiro atoms. The Hall–Kier alpha value is -1.95. The molecule has 0 saturated heterocycles. The van der Waals surface area contributed by atoms with Crippen molar-refractivity contribution in [3.8, 4) is 0 Å². The minimum Gasteiger partial charge on any atom is -0.397 e. The summed E-state index contributed by atoms with van der Waals surface area (Å²) in [5.41, 5.74) is 6.92. The van der Waals surface area contributed by atoms with Crippen molar-refractivity contribution in [1.29, 1.82) is 0 Å². The Kier molecular flexibility index (Phi) is 3.34. The first kappa shape index (κ1) is 11.5. The fraction of sp³-hybridized carbons (Fsp3) is 0. The molecule has 3 N–H and O–H groups in total. The molecule has 0 bridgehead atoms. The van der Waals surface area contributed by atoms with E-state index in [1.165, 1.54) is 6.20 Å². The molecule has 2 aromatic heterocycles. The standard InChI is InChI=1S/C11H9BrN4O/c12-10-4-2-8(6-15-10)16-11(17)9-3-1-7(13)5-14-9/h1-6H,13H2,(H,16,17). The predicted octanol–water partition coefficient (Wildman–Crippen LogP) is 2.07. The van der Waals surface area contributed by atoms with Gasteiger partial charge in [0.1, 0.15) is 10.3 Å². The normalized spacial score (nSPS) is 9.94. The predicted molar refractivity (Wildman–Crippen MR) is 68.5 cm³/mol. The van der Waals surface area contributed by atoms with Gasteiger partial charge in [-0.1, -0.05) is 0 Å². The third kappa shape index (κ3) is 3.01. The molecule has 17 heavy (non-hydrogen) atoms. The van der Waals surface area contributed by atoms with Crippen LogP contribution < -0.4 is 11.1 Å². The van der Waals surface area contributed by atoms with Crippen molar-refractivity contribution in [3.05, 3.63) is 47.0 Å². The maximum Gasteiger partial charge on any atom is 0.274 e. The van der Waals surface area contributed by atoms with E-state index in [0.29, 0.717) is 21.7 Å². The van der Waals surface area contributed by atoms with Crippen LogP contribution in [-0.2, 0) is 0 Å². The molecule has 0 saturated carbocycles. The van der Waals surface area contributed by atoms with Gasteiger partial charge in [-0.05, 0) is 40.2 Å². The van der Waals surface area contributed by atoms with E-state index in [1.807, 2.05) is 0 Å². The molecule has 5 nitrogen and oxygen atoms in total. The van der Waals surface area contributed by atoms with Gasteiger partial charge in [-0.25, -0.2) is 9.97 Å². The molecule has 0 atom stereocenters. The molecule has 0 aliphatic carbocycles. The van der Waals surface area contributed by atoms with E-state index in [1.54, 1.807) is 30.5 Å². The van der Waals surface area contributed by atoms with Crippen LogP contribution in [0.4, 0.5) is 11.4 Å². The van der Waals surface area contributed by atoms with E-state index in [4.69, 9.17) is 5.73 Å². The number of hydrogen-bond acceptors (Lipinski definition) is 4. The Balaban J connectivity index is 2.11. The van der Waals surface area contributed by atoms with Gasteiger partial charge in [0, 0.05) is 0 Å². The van der Waals surface area contributed by atoms with Crippen molar-refractivity contribution in [3.63, 3.8) is 0 Å². The number of carbonyl (C=O) groups excluding carboxylic acids is 1. The SMILES string of the molecule is Nc1ccc(C(=O)Nc2ccc(Br)nc2)nc1. The summed E-state index contributed by atoms with van der Waals surface area (Å²) in [6.45, 7) is 0. The molecule has 2 rings (SSSR count). The second-order valence-electron chi connectivity index (χ2n) is 3.30. The molecule has 0 radical (unpaired) electrons. The van der Waals surface area contributed by atoms with E-state index in [2.05, 4.69) is 31.2 Å². The minimum atomic E-state index is -0.297. The van der Waals surface area contributed by atoms with Crippen LogP contribution in [-0.4, -0.2) is 15.9 Å². The van der Waals surface area contributed by atoms with E-state index in [9.17, 15) is 4.79 Å². The topological polar surface area (TPSA) is 80.9 Å². The highest BCUT2D eigenvalue weighted by Crippen LogP contribution is 2.11. The minimum absolute atomic E-state index is 0.297. The second kappa shape index (κ2) is 4.92. The summed E-state index contributed by atoms with van der Waals surface area (Å²) in [6.07, 6.45) is 2.99. The van der Waals surface area contributed by atoms with Gasteiger partial charge in [-0.2, -0.15) is 0 Å². The third-order valence-electron chi connectivity index (χ3n) is 2.00. The number of nitrogens with two attached hydrogens (primary N) is 1. The summed E-state index contributed by atoms with van der Waals surface area (Å²) in [6, 6.07) is 6.68. The quantitative estimate of drug-likeness (QED) is 0.831. The first-order chi connectivity index (χ1) is 8.15. The Morgan fingerprint density at radius 1 is 1.18 bits per heavy atom. The molecular formula is C11H9BrN4O. The highest BCUT2D eigenvalue weighted by Gasteiger charge is 2.07. The number of carbonyl (C=O) groups is 1. The zero-order chi connectivity index (χ0) is 12.3. The second-order valence-corrected chi connectivity index (χ2v) is 4.11. The zero-order valence-corrected chi connectivity index (χ0v) is 10.3. The molecule has 2 aromatic rings. The van der Waals surface area contributed by atoms with Gasteiger partial charge in [0.05, 0.1) is 23.8 Å². The van der Waals surface area contributed by atoms with Gasteiger partial charge in [0.25, 0.3) is 5.91 Å². The maximum absolute atomic E-state index is 11.8. The number of halogens is 1. The summed E-state index contributed by atoms with van der Waals surface area (Å²) < 4.78 is 0.709. The Morgan fingerprint density at radius 3 is 2.59 bits per heavy atom. The average Bonchev–Trinajstić information content (AvgIpc) is 2.33. The number of rotatable bonds is 2. The Bertz CT molecular complexity index is 524. The molecule has 0 unspecified atom stereocenters.